The van der Waals surface area contributed by atoms with Gasteiger partial charge in [0, 0.05) is 12.7 Å². The maximum Gasteiger partial charge on any atom is 0.326 e. The van der Waals surface area contributed by atoms with Gasteiger partial charge in [-0.3, -0.25) is 9.78 Å². The largest absolute Gasteiger partial charge is 0.506 e. The molecular weight excluding hydrogens is 260 g/mol. The number of likely N-dealkylation sites (tertiary alicyclic amines) is 1. The number of nitrogens with zero attached hydrogens (tertiary/aromatic N) is 2. The third-order valence-corrected chi connectivity index (χ3v) is 3.81. The molecule has 20 heavy (non-hydrogen) atoms. The van der Waals surface area contributed by atoms with Crippen molar-refractivity contribution in [2.45, 2.75) is 32.2 Å². The predicted molar refractivity (Wildman–Crippen MR) is 71.4 cm³/mol. The minimum atomic E-state index is -0.982. The molecule has 0 spiro atoms. The van der Waals surface area contributed by atoms with Gasteiger partial charge in [-0.2, -0.15) is 0 Å². The molecule has 0 aromatic carbocycles. The van der Waals surface area contributed by atoms with Gasteiger partial charge >= 0.3 is 5.97 Å². The van der Waals surface area contributed by atoms with Crippen LogP contribution in [0.5, 0.6) is 5.75 Å². The van der Waals surface area contributed by atoms with E-state index in [0.29, 0.717) is 18.9 Å². The summed E-state index contributed by atoms with van der Waals surface area (Å²) in [5.41, 5.74) is 0.214. The summed E-state index contributed by atoms with van der Waals surface area (Å²) in [6.45, 7) is 2.45. The number of carbonyl (C=O) groups excluding carboxylic acids is 1. The molecule has 6 heteroatoms. The third kappa shape index (κ3) is 2.89. The topological polar surface area (TPSA) is 90.7 Å². The van der Waals surface area contributed by atoms with E-state index in [1.165, 1.54) is 23.4 Å². The molecule has 1 aliphatic rings. The number of hydrogen-bond donors (Lipinski definition) is 2. The summed E-state index contributed by atoms with van der Waals surface area (Å²) in [6, 6.07) is 0.503. The van der Waals surface area contributed by atoms with Crippen LogP contribution in [0.2, 0.25) is 0 Å². The molecule has 2 rings (SSSR count). The van der Waals surface area contributed by atoms with Crippen LogP contribution >= 0.6 is 0 Å². The number of aromatic nitrogens is 1. The van der Waals surface area contributed by atoms with Crippen molar-refractivity contribution >= 4 is 11.9 Å². The Balaban J connectivity index is 2.21. The number of hydrogen-bond acceptors (Lipinski definition) is 4. The average Bonchev–Trinajstić information content (AvgIpc) is 2.45. The van der Waals surface area contributed by atoms with Crippen molar-refractivity contribution in [3.05, 3.63) is 24.0 Å². The Morgan fingerprint density at radius 1 is 1.45 bits per heavy atom. The van der Waals surface area contributed by atoms with E-state index in [9.17, 15) is 19.8 Å². The van der Waals surface area contributed by atoms with Crippen molar-refractivity contribution in [1.29, 1.82) is 0 Å². The number of aliphatic carboxylic acids is 1. The number of carboxylic acids is 1. The summed E-state index contributed by atoms with van der Waals surface area (Å²) in [5.74, 6) is -1.14. The second-order valence-electron chi connectivity index (χ2n) is 5.08. The van der Waals surface area contributed by atoms with Crippen LogP contribution in [-0.4, -0.2) is 44.6 Å². The molecule has 0 aliphatic carbocycles. The summed E-state index contributed by atoms with van der Waals surface area (Å²) in [4.78, 5) is 28.9. The zero-order valence-corrected chi connectivity index (χ0v) is 11.3. The standard InChI is InChI=1S/C14H18N2O4/c1-2-9-3-4-16(12(5-9)14(19)20)13(18)10-6-11(17)8-15-7-10/h6-9,12,17H,2-5H2,1H3,(H,19,20). The minimum absolute atomic E-state index is 0.105. The average molecular weight is 278 g/mol. The maximum atomic E-state index is 12.4. The summed E-state index contributed by atoms with van der Waals surface area (Å²) in [6.07, 6.45) is 4.77. The van der Waals surface area contributed by atoms with Gasteiger partial charge in [0.15, 0.2) is 0 Å². The summed E-state index contributed by atoms with van der Waals surface area (Å²) < 4.78 is 0. The molecule has 0 saturated carbocycles. The molecule has 6 nitrogen and oxygen atoms in total. The highest BCUT2D eigenvalue weighted by Gasteiger charge is 2.36. The van der Waals surface area contributed by atoms with Gasteiger partial charge in [-0.25, -0.2) is 4.79 Å². The number of aromatic hydroxyl groups is 1. The van der Waals surface area contributed by atoms with E-state index in [0.717, 1.165) is 12.8 Å². The van der Waals surface area contributed by atoms with E-state index >= 15 is 0 Å². The lowest BCUT2D eigenvalue weighted by Crippen LogP contribution is -2.50. The molecule has 1 aromatic rings. The fraction of sp³-hybridized carbons (Fsp3) is 0.500. The van der Waals surface area contributed by atoms with Crippen LogP contribution in [0.15, 0.2) is 18.5 Å². The molecule has 1 amide bonds. The van der Waals surface area contributed by atoms with Crippen molar-refractivity contribution in [3.63, 3.8) is 0 Å². The molecule has 108 valence electrons. The van der Waals surface area contributed by atoms with Gasteiger partial charge in [0.1, 0.15) is 11.8 Å². The molecule has 0 bridgehead atoms. The fourth-order valence-corrected chi connectivity index (χ4v) is 2.60. The molecule has 1 saturated heterocycles. The molecule has 2 heterocycles. The van der Waals surface area contributed by atoms with Crippen molar-refractivity contribution in [3.8, 4) is 5.75 Å². The Morgan fingerprint density at radius 3 is 2.80 bits per heavy atom. The lowest BCUT2D eigenvalue weighted by atomic mass is 9.88. The van der Waals surface area contributed by atoms with Crippen LogP contribution in [0.1, 0.15) is 36.5 Å². The highest BCUT2D eigenvalue weighted by atomic mass is 16.4. The zero-order chi connectivity index (χ0) is 14.7. The SMILES string of the molecule is CCC1CCN(C(=O)c2cncc(O)c2)C(C(=O)O)C1. The monoisotopic (exact) mass is 278 g/mol. The third-order valence-electron chi connectivity index (χ3n) is 3.81. The Kier molecular flexibility index (Phi) is 4.22. The van der Waals surface area contributed by atoms with Gasteiger partial charge in [0.05, 0.1) is 11.8 Å². The lowest BCUT2D eigenvalue weighted by Gasteiger charge is -2.36. The highest BCUT2D eigenvalue weighted by molar-refractivity contribution is 5.96. The van der Waals surface area contributed by atoms with E-state index in [1.54, 1.807) is 0 Å². The van der Waals surface area contributed by atoms with E-state index < -0.39 is 17.9 Å². The van der Waals surface area contributed by atoms with Crippen LogP contribution in [0.25, 0.3) is 0 Å². The number of amides is 1. The molecule has 2 atom stereocenters. The van der Waals surface area contributed by atoms with E-state index in [4.69, 9.17) is 0 Å². The molecule has 2 unspecified atom stereocenters. The van der Waals surface area contributed by atoms with Crippen molar-refractivity contribution in [1.82, 2.24) is 9.88 Å². The van der Waals surface area contributed by atoms with Crippen LogP contribution in [0.4, 0.5) is 0 Å². The fourth-order valence-electron chi connectivity index (χ4n) is 2.60. The first kappa shape index (κ1) is 14.3. The number of carboxylic acid groups (broad SMARTS) is 1. The smallest absolute Gasteiger partial charge is 0.326 e. The molecule has 1 aromatic heterocycles. The van der Waals surface area contributed by atoms with Gasteiger partial charge in [-0.1, -0.05) is 13.3 Å². The minimum Gasteiger partial charge on any atom is -0.506 e. The second-order valence-corrected chi connectivity index (χ2v) is 5.08. The van der Waals surface area contributed by atoms with E-state index in [2.05, 4.69) is 4.98 Å². The predicted octanol–water partition coefficient (Wildman–Crippen LogP) is 1.50. The highest BCUT2D eigenvalue weighted by Crippen LogP contribution is 2.27. The number of rotatable bonds is 3. The van der Waals surface area contributed by atoms with Gasteiger partial charge in [0.2, 0.25) is 0 Å². The second kappa shape index (κ2) is 5.90. The zero-order valence-electron chi connectivity index (χ0n) is 11.3. The Bertz CT molecular complexity index is 518. The van der Waals surface area contributed by atoms with Crippen molar-refractivity contribution in [2.24, 2.45) is 5.92 Å². The Morgan fingerprint density at radius 2 is 2.20 bits per heavy atom. The first-order valence-electron chi connectivity index (χ1n) is 6.70. The number of piperidine rings is 1. The first-order valence-corrected chi connectivity index (χ1v) is 6.70. The summed E-state index contributed by atoms with van der Waals surface area (Å²) in [7, 11) is 0. The summed E-state index contributed by atoms with van der Waals surface area (Å²) in [5, 5.41) is 18.7. The molecule has 1 aliphatic heterocycles. The van der Waals surface area contributed by atoms with Crippen LogP contribution in [-0.2, 0) is 4.79 Å². The van der Waals surface area contributed by atoms with Crippen molar-refractivity contribution in [2.75, 3.05) is 6.54 Å². The van der Waals surface area contributed by atoms with Crippen molar-refractivity contribution < 1.29 is 19.8 Å². The van der Waals surface area contributed by atoms with E-state index in [1.807, 2.05) is 6.92 Å². The van der Waals surface area contributed by atoms with Gasteiger partial charge in [-0.05, 0) is 24.8 Å². The molecular formula is C14H18N2O4. The van der Waals surface area contributed by atoms with Crippen LogP contribution < -0.4 is 0 Å². The van der Waals surface area contributed by atoms with Crippen LogP contribution in [0, 0.1) is 5.92 Å². The molecule has 0 radical (unpaired) electrons. The van der Waals surface area contributed by atoms with Gasteiger partial charge < -0.3 is 15.1 Å². The van der Waals surface area contributed by atoms with E-state index in [-0.39, 0.29) is 11.3 Å². The quantitative estimate of drug-likeness (QED) is 0.874. The Labute approximate surface area is 117 Å². The molecule has 2 N–H and O–H groups in total. The Hall–Kier alpha value is -2.11. The molecule has 1 fully saturated rings. The van der Waals surface area contributed by atoms with Gasteiger partial charge in [-0.15, -0.1) is 0 Å². The maximum absolute atomic E-state index is 12.4. The summed E-state index contributed by atoms with van der Waals surface area (Å²) >= 11 is 0. The number of pyridine rings is 1. The number of carbonyl (C=O) groups is 2. The van der Waals surface area contributed by atoms with Crippen LogP contribution in [0.3, 0.4) is 0 Å². The first-order chi connectivity index (χ1) is 9.52. The lowest BCUT2D eigenvalue weighted by molar-refractivity contribution is -0.144. The normalized spacial score (nSPS) is 22.6. The van der Waals surface area contributed by atoms with Gasteiger partial charge in [0.25, 0.3) is 5.91 Å².